The number of nitrogens with zero attached hydrogens (tertiary/aromatic N) is 1. The lowest BCUT2D eigenvalue weighted by Gasteiger charge is -2.35. The van der Waals surface area contributed by atoms with Crippen molar-refractivity contribution in [1.82, 2.24) is 4.90 Å². The van der Waals surface area contributed by atoms with Gasteiger partial charge in [-0.25, -0.2) is 4.39 Å². The van der Waals surface area contributed by atoms with Crippen LogP contribution >= 0.6 is 15.9 Å². The summed E-state index contributed by atoms with van der Waals surface area (Å²) in [5.41, 5.74) is 0.765. The molecule has 2 aliphatic rings. The van der Waals surface area contributed by atoms with E-state index in [1.54, 1.807) is 6.07 Å². The molecule has 20 heavy (non-hydrogen) atoms. The number of hydrogen-bond acceptors (Lipinski definition) is 2. The molecule has 0 amide bonds. The molecule has 2 bridgehead atoms. The molecule has 2 heterocycles. The summed E-state index contributed by atoms with van der Waals surface area (Å²) < 4.78 is 13.9. The molecular formula is C16H19BrFNO. The Morgan fingerprint density at radius 3 is 2.65 bits per heavy atom. The van der Waals surface area contributed by atoms with Gasteiger partial charge in [0.25, 0.3) is 0 Å². The molecule has 0 saturated carbocycles. The highest BCUT2D eigenvalue weighted by Gasteiger charge is 2.40. The Kier molecular flexibility index (Phi) is 3.95. The molecule has 1 aromatic carbocycles. The van der Waals surface area contributed by atoms with Gasteiger partial charge < -0.3 is 4.90 Å². The minimum absolute atomic E-state index is 0.152. The Morgan fingerprint density at radius 2 is 2.00 bits per heavy atom. The van der Waals surface area contributed by atoms with E-state index in [4.69, 9.17) is 0 Å². The predicted octanol–water partition coefficient (Wildman–Crippen LogP) is 3.57. The van der Waals surface area contributed by atoms with Gasteiger partial charge in [-0.15, -0.1) is 0 Å². The van der Waals surface area contributed by atoms with Crippen LogP contribution in [0, 0.1) is 11.7 Å². The number of carbonyl (C=O) groups is 1. The van der Waals surface area contributed by atoms with Gasteiger partial charge in [0.15, 0.2) is 0 Å². The Balaban J connectivity index is 1.70. The van der Waals surface area contributed by atoms with Crippen LogP contribution in [0.5, 0.6) is 0 Å². The van der Waals surface area contributed by atoms with E-state index in [1.807, 2.05) is 6.07 Å². The largest absolute Gasteiger partial charge is 0.300 e. The molecule has 2 atom stereocenters. The Hall–Kier alpha value is -0.740. The first-order chi connectivity index (χ1) is 9.56. The maximum absolute atomic E-state index is 13.5. The van der Waals surface area contributed by atoms with Gasteiger partial charge in [-0.2, -0.15) is 0 Å². The van der Waals surface area contributed by atoms with E-state index in [0.717, 1.165) is 18.4 Å². The van der Waals surface area contributed by atoms with E-state index in [1.165, 1.54) is 18.9 Å². The monoisotopic (exact) mass is 339 g/mol. The SMILES string of the molecule is CN1C2CCC1CC(C(=O)Cc1cccc(F)c1Br)C2. The fourth-order valence-electron chi connectivity index (χ4n) is 3.69. The zero-order valence-corrected chi connectivity index (χ0v) is 13.2. The lowest BCUT2D eigenvalue weighted by molar-refractivity contribution is -0.124. The molecule has 2 nitrogen and oxygen atoms in total. The normalized spacial score (nSPS) is 29.6. The van der Waals surface area contributed by atoms with Crippen LogP contribution in [-0.4, -0.2) is 29.8 Å². The van der Waals surface area contributed by atoms with Gasteiger partial charge in [0, 0.05) is 24.4 Å². The zero-order valence-electron chi connectivity index (χ0n) is 11.6. The smallest absolute Gasteiger partial charge is 0.140 e. The van der Waals surface area contributed by atoms with Crippen molar-refractivity contribution in [3.63, 3.8) is 0 Å². The Bertz CT molecular complexity index is 519. The summed E-state index contributed by atoms with van der Waals surface area (Å²) in [6, 6.07) is 6.04. The summed E-state index contributed by atoms with van der Waals surface area (Å²) in [4.78, 5) is 14.9. The summed E-state index contributed by atoms with van der Waals surface area (Å²) in [5, 5.41) is 0. The number of rotatable bonds is 3. The predicted molar refractivity (Wildman–Crippen MR) is 80.1 cm³/mol. The molecule has 0 N–H and O–H groups in total. The fourth-order valence-corrected chi connectivity index (χ4v) is 4.10. The zero-order chi connectivity index (χ0) is 14.3. The second-order valence-electron chi connectivity index (χ2n) is 6.07. The van der Waals surface area contributed by atoms with E-state index >= 15 is 0 Å². The molecule has 0 radical (unpaired) electrons. The number of benzene rings is 1. The minimum atomic E-state index is -0.293. The number of carbonyl (C=O) groups excluding carboxylic acids is 1. The Labute approximate surface area is 127 Å². The van der Waals surface area contributed by atoms with Crippen molar-refractivity contribution in [1.29, 1.82) is 0 Å². The third-order valence-corrected chi connectivity index (χ3v) is 5.84. The van der Waals surface area contributed by atoms with Crippen molar-refractivity contribution >= 4 is 21.7 Å². The third kappa shape index (κ3) is 2.56. The molecule has 2 saturated heterocycles. The maximum atomic E-state index is 13.5. The van der Waals surface area contributed by atoms with Crippen molar-refractivity contribution in [3.05, 3.63) is 34.1 Å². The van der Waals surface area contributed by atoms with E-state index in [9.17, 15) is 9.18 Å². The van der Waals surface area contributed by atoms with Gasteiger partial charge >= 0.3 is 0 Å². The number of halogens is 2. The topological polar surface area (TPSA) is 20.3 Å². The summed E-state index contributed by atoms with van der Waals surface area (Å²) in [7, 11) is 2.17. The van der Waals surface area contributed by atoms with Crippen LogP contribution in [0.3, 0.4) is 0 Å². The van der Waals surface area contributed by atoms with Crippen LogP contribution in [0.2, 0.25) is 0 Å². The third-order valence-electron chi connectivity index (χ3n) is 4.95. The summed E-state index contributed by atoms with van der Waals surface area (Å²) in [5.74, 6) is 0.124. The van der Waals surface area contributed by atoms with Crippen LogP contribution in [0.1, 0.15) is 31.2 Å². The number of piperidine rings is 1. The van der Waals surface area contributed by atoms with Crippen molar-refractivity contribution in [3.8, 4) is 0 Å². The lowest BCUT2D eigenvalue weighted by Crippen LogP contribution is -2.42. The number of hydrogen-bond donors (Lipinski definition) is 0. The van der Waals surface area contributed by atoms with Gasteiger partial charge in [-0.05, 0) is 60.3 Å². The van der Waals surface area contributed by atoms with E-state index in [0.29, 0.717) is 23.0 Å². The van der Waals surface area contributed by atoms with Gasteiger partial charge in [-0.3, -0.25) is 4.79 Å². The highest BCUT2D eigenvalue weighted by atomic mass is 79.9. The minimum Gasteiger partial charge on any atom is -0.300 e. The van der Waals surface area contributed by atoms with Gasteiger partial charge in [0.1, 0.15) is 11.6 Å². The fraction of sp³-hybridized carbons (Fsp3) is 0.562. The van der Waals surface area contributed by atoms with Crippen LogP contribution in [0.25, 0.3) is 0 Å². The molecule has 3 rings (SSSR count). The summed E-state index contributed by atoms with van der Waals surface area (Å²) in [6.07, 6.45) is 4.72. The van der Waals surface area contributed by atoms with E-state index < -0.39 is 0 Å². The molecule has 1 aromatic rings. The highest BCUT2D eigenvalue weighted by Crippen LogP contribution is 2.38. The van der Waals surface area contributed by atoms with Crippen molar-refractivity contribution in [2.45, 2.75) is 44.2 Å². The van der Waals surface area contributed by atoms with Crippen LogP contribution in [0.4, 0.5) is 4.39 Å². The van der Waals surface area contributed by atoms with Gasteiger partial charge in [0.05, 0.1) is 4.47 Å². The molecule has 2 aliphatic heterocycles. The quantitative estimate of drug-likeness (QED) is 0.838. The van der Waals surface area contributed by atoms with Crippen LogP contribution in [-0.2, 0) is 11.2 Å². The second kappa shape index (κ2) is 5.57. The first kappa shape index (κ1) is 14.2. The van der Waals surface area contributed by atoms with Gasteiger partial charge in [0.2, 0.25) is 0 Å². The standard InChI is InChI=1S/C16H19BrFNO/c1-19-12-5-6-13(19)8-11(7-12)15(20)9-10-3-2-4-14(18)16(10)17/h2-4,11-13H,5-9H2,1H3. The average Bonchev–Trinajstić information content (AvgIpc) is 2.66. The summed E-state index contributed by atoms with van der Waals surface area (Å²) in [6.45, 7) is 0. The Morgan fingerprint density at radius 1 is 1.35 bits per heavy atom. The van der Waals surface area contributed by atoms with Gasteiger partial charge in [-0.1, -0.05) is 12.1 Å². The lowest BCUT2D eigenvalue weighted by atomic mass is 9.85. The molecule has 108 valence electrons. The number of Topliss-reactive ketones (excluding diaryl/α,β-unsaturated/α-hetero) is 1. The number of ketones is 1. The first-order valence-electron chi connectivity index (χ1n) is 7.23. The molecular weight excluding hydrogens is 321 g/mol. The van der Waals surface area contributed by atoms with E-state index in [2.05, 4.69) is 27.9 Å². The van der Waals surface area contributed by atoms with Crippen LogP contribution in [0.15, 0.2) is 22.7 Å². The molecule has 0 spiro atoms. The average molecular weight is 340 g/mol. The van der Waals surface area contributed by atoms with Crippen molar-refractivity contribution in [2.24, 2.45) is 5.92 Å². The number of fused-ring (bicyclic) bond motifs is 2. The summed E-state index contributed by atoms with van der Waals surface area (Å²) >= 11 is 3.24. The first-order valence-corrected chi connectivity index (χ1v) is 8.03. The van der Waals surface area contributed by atoms with Crippen molar-refractivity contribution in [2.75, 3.05) is 7.05 Å². The molecule has 2 unspecified atom stereocenters. The second-order valence-corrected chi connectivity index (χ2v) is 6.87. The van der Waals surface area contributed by atoms with Crippen molar-refractivity contribution < 1.29 is 9.18 Å². The maximum Gasteiger partial charge on any atom is 0.140 e. The van der Waals surface area contributed by atoms with E-state index in [-0.39, 0.29) is 17.5 Å². The highest BCUT2D eigenvalue weighted by molar-refractivity contribution is 9.10. The molecule has 2 fully saturated rings. The molecule has 4 heteroatoms. The molecule has 0 aliphatic carbocycles. The van der Waals surface area contributed by atoms with Crippen LogP contribution < -0.4 is 0 Å². The molecule has 0 aromatic heterocycles.